The Labute approximate surface area is 218 Å². The first kappa shape index (κ1) is 24.8. The van der Waals surface area contributed by atoms with Crippen LogP contribution in [0.3, 0.4) is 0 Å². The van der Waals surface area contributed by atoms with Gasteiger partial charge in [-0.3, -0.25) is 0 Å². The van der Waals surface area contributed by atoms with Crippen molar-refractivity contribution in [1.82, 2.24) is 15.0 Å². The third-order valence-corrected chi connectivity index (χ3v) is 6.79. The summed E-state index contributed by atoms with van der Waals surface area (Å²) >= 11 is 0. The Bertz CT molecular complexity index is 1470. The van der Waals surface area contributed by atoms with Gasteiger partial charge in [-0.25, -0.2) is 15.0 Å². The molecule has 0 spiro atoms. The number of fused-ring (bicyclic) bond motifs is 1. The molecule has 5 rings (SSSR count). The number of benzene rings is 4. The molecule has 0 aliphatic heterocycles. The van der Waals surface area contributed by atoms with Crippen LogP contribution in [-0.2, 0) is 4.65 Å². The first-order chi connectivity index (χ1) is 17.7. The van der Waals surface area contributed by atoms with E-state index in [1.807, 2.05) is 92.7 Å². The van der Waals surface area contributed by atoms with Crippen LogP contribution >= 0.6 is 0 Å². The minimum absolute atomic E-state index is 0.584. The van der Waals surface area contributed by atoms with Crippen molar-refractivity contribution in [2.45, 2.75) is 38.9 Å². The van der Waals surface area contributed by atoms with E-state index in [-0.39, 0.29) is 0 Å². The molecule has 37 heavy (non-hydrogen) atoms. The molecule has 0 aliphatic carbocycles. The zero-order valence-electron chi connectivity index (χ0n) is 21.5. The van der Waals surface area contributed by atoms with Gasteiger partial charge in [0.2, 0.25) is 0 Å². The molecular weight excluding hydrogens is 457 g/mol. The summed E-state index contributed by atoms with van der Waals surface area (Å²) in [5.74, 6) is 1.81. The molecule has 5 aromatic rings. The molecule has 6 heteroatoms. The molecule has 1 heterocycles. The lowest BCUT2D eigenvalue weighted by Gasteiger charge is -2.37. The maximum Gasteiger partial charge on any atom is 0.330 e. The van der Waals surface area contributed by atoms with Crippen LogP contribution in [0.1, 0.15) is 27.7 Å². The summed E-state index contributed by atoms with van der Waals surface area (Å²) in [6, 6.07) is 32.1. The molecule has 1 aromatic heterocycles. The van der Waals surface area contributed by atoms with Crippen LogP contribution in [0, 0.1) is 0 Å². The third-order valence-electron chi connectivity index (χ3n) is 6.79. The molecule has 0 saturated carbocycles. The van der Waals surface area contributed by atoms with E-state index in [0.717, 1.165) is 32.9 Å². The van der Waals surface area contributed by atoms with Crippen molar-refractivity contribution in [1.29, 1.82) is 0 Å². The van der Waals surface area contributed by atoms with Crippen LogP contribution in [0.4, 0.5) is 0 Å². The minimum Gasteiger partial charge on any atom is -0.427 e. The fourth-order valence-corrected chi connectivity index (χ4v) is 3.88. The van der Waals surface area contributed by atoms with Crippen LogP contribution in [0.2, 0.25) is 0 Å². The van der Waals surface area contributed by atoms with Gasteiger partial charge >= 0.3 is 7.48 Å². The highest BCUT2D eigenvalue weighted by molar-refractivity contribution is 6.48. The molecule has 0 fully saturated rings. The molecule has 1 N–H and O–H groups in total. The monoisotopic (exact) mass is 486 g/mol. The lowest BCUT2D eigenvalue weighted by atomic mass is 9.81. The molecule has 0 unspecified atom stereocenters. The highest BCUT2D eigenvalue weighted by atomic mass is 16.5. The van der Waals surface area contributed by atoms with E-state index in [4.69, 9.17) is 19.6 Å². The first-order valence-electron chi connectivity index (χ1n) is 12.3. The Hall–Kier alpha value is -3.87. The number of aliphatic hydroxyl groups is 1. The van der Waals surface area contributed by atoms with E-state index < -0.39 is 11.2 Å². The highest BCUT2D eigenvalue weighted by Crippen LogP contribution is 2.30. The second kappa shape index (κ2) is 9.89. The quantitative estimate of drug-likeness (QED) is 0.293. The summed E-state index contributed by atoms with van der Waals surface area (Å²) in [6.45, 7) is 7.23. The topological polar surface area (TPSA) is 68.1 Å². The van der Waals surface area contributed by atoms with Crippen molar-refractivity contribution in [2.75, 3.05) is 0 Å². The largest absolute Gasteiger partial charge is 0.427 e. The smallest absolute Gasteiger partial charge is 0.330 e. The lowest BCUT2D eigenvalue weighted by molar-refractivity contribution is -0.0893. The predicted octanol–water partition coefficient (Wildman–Crippen LogP) is 5.84. The van der Waals surface area contributed by atoms with Gasteiger partial charge in [0.1, 0.15) is 0 Å². The maximum absolute atomic E-state index is 10.5. The van der Waals surface area contributed by atoms with Crippen LogP contribution in [0.5, 0.6) is 0 Å². The van der Waals surface area contributed by atoms with Gasteiger partial charge in [-0.1, -0.05) is 103 Å². The van der Waals surface area contributed by atoms with Crippen LogP contribution in [0.15, 0.2) is 97.1 Å². The van der Waals surface area contributed by atoms with E-state index in [1.54, 1.807) is 21.3 Å². The van der Waals surface area contributed by atoms with Crippen molar-refractivity contribution in [3.05, 3.63) is 97.1 Å². The zero-order chi connectivity index (χ0) is 26.0. The van der Waals surface area contributed by atoms with Crippen molar-refractivity contribution < 1.29 is 9.76 Å². The summed E-state index contributed by atoms with van der Waals surface area (Å²) in [4.78, 5) is 14.7. The van der Waals surface area contributed by atoms with Gasteiger partial charge in [-0.05, 0) is 38.5 Å². The average Bonchev–Trinajstić information content (AvgIpc) is 2.91. The molecule has 0 atom stereocenters. The normalized spacial score (nSPS) is 12.0. The summed E-state index contributed by atoms with van der Waals surface area (Å²) in [6.07, 6.45) is 0. The van der Waals surface area contributed by atoms with Gasteiger partial charge in [0.25, 0.3) is 0 Å². The fourth-order valence-electron chi connectivity index (χ4n) is 3.88. The molecule has 4 aromatic carbocycles. The van der Waals surface area contributed by atoms with E-state index in [0.29, 0.717) is 17.5 Å². The Kier molecular flexibility index (Phi) is 6.63. The molecule has 0 bridgehead atoms. The number of hydrogen-bond donors (Lipinski definition) is 1. The van der Waals surface area contributed by atoms with Gasteiger partial charge < -0.3 is 9.76 Å². The van der Waals surface area contributed by atoms with Crippen molar-refractivity contribution in [2.24, 2.45) is 0 Å². The highest BCUT2D eigenvalue weighted by Gasteiger charge is 2.35. The number of nitrogens with zero attached hydrogens (tertiary/aromatic N) is 3. The summed E-state index contributed by atoms with van der Waals surface area (Å²) in [5, 5.41) is 12.6. The van der Waals surface area contributed by atoms with E-state index in [2.05, 4.69) is 18.2 Å². The van der Waals surface area contributed by atoms with Crippen molar-refractivity contribution >= 4 is 23.7 Å². The van der Waals surface area contributed by atoms with Crippen LogP contribution in [0.25, 0.3) is 44.9 Å². The van der Waals surface area contributed by atoms with Gasteiger partial charge in [0.15, 0.2) is 17.5 Å². The summed E-state index contributed by atoms with van der Waals surface area (Å²) in [7, 11) is 1.70. The number of hydrogen-bond acceptors (Lipinski definition) is 5. The standard InChI is InChI=1S/C31H29BN3O2/c1-30(2,36)31(3,4)37-32-24-19-23-17-11-12-18-25(23)26(20-24)29-34-27(21-13-7-5-8-14-21)33-28(35-29)22-15-9-6-10-16-22/h5-20,36H,1-4H3. The molecule has 5 nitrogen and oxygen atoms in total. The molecule has 183 valence electrons. The average molecular weight is 486 g/mol. The second-order valence-corrected chi connectivity index (χ2v) is 10.1. The third kappa shape index (κ3) is 5.31. The fraction of sp³-hybridized carbons (Fsp3) is 0.194. The second-order valence-electron chi connectivity index (χ2n) is 10.1. The predicted molar refractivity (Wildman–Crippen MR) is 150 cm³/mol. The van der Waals surface area contributed by atoms with Gasteiger partial charge in [-0.2, -0.15) is 0 Å². The maximum atomic E-state index is 10.5. The van der Waals surface area contributed by atoms with Crippen molar-refractivity contribution in [3.63, 3.8) is 0 Å². The van der Waals surface area contributed by atoms with Crippen LogP contribution < -0.4 is 5.46 Å². The molecule has 0 aliphatic rings. The Morgan fingerprint density at radius 2 is 1.16 bits per heavy atom. The van der Waals surface area contributed by atoms with E-state index in [1.165, 1.54) is 0 Å². The Morgan fingerprint density at radius 1 is 0.649 bits per heavy atom. The van der Waals surface area contributed by atoms with Crippen molar-refractivity contribution in [3.8, 4) is 34.2 Å². The first-order valence-corrected chi connectivity index (χ1v) is 12.3. The molecular formula is C31H29BN3O2. The van der Waals surface area contributed by atoms with Crippen LogP contribution in [-0.4, -0.2) is 38.7 Å². The van der Waals surface area contributed by atoms with E-state index >= 15 is 0 Å². The molecule has 0 amide bonds. The molecule has 0 saturated heterocycles. The SMILES string of the molecule is CC(C)(O)C(C)(C)O[B]c1cc(-c2nc(-c3ccccc3)nc(-c3ccccc3)n2)c2ccccc2c1. The van der Waals surface area contributed by atoms with Gasteiger partial charge in [-0.15, -0.1) is 0 Å². The number of aromatic nitrogens is 3. The Morgan fingerprint density at radius 3 is 1.73 bits per heavy atom. The summed E-state index contributed by atoms with van der Waals surface area (Å²) < 4.78 is 6.08. The van der Waals surface area contributed by atoms with E-state index in [9.17, 15) is 5.11 Å². The minimum atomic E-state index is -1.02. The molecule has 1 radical (unpaired) electrons. The van der Waals surface area contributed by atoms with Gasteiger partial charge in [0, 0.05) is 16.7 Å². The zero-order valence-corrected chi connectivity index (χ0v) is 21.5. The number of rotatable bonds is 7. The Balaban J connectivity index is 1.67. The summed E-state index contributed by atoms with van der Waals surface area (Å²) in [5.41, 5.74) is 1.77. The van der Waals surface area contributed by atoms with Gasteiger partial charge in [0.05, 0.1) is 11.2 Å². The lowest BCUT2D eigenvalue weighted by Crippen LogP contribution is -2.49.